The summed E-state index contributed by atoms with van der Waals surface area (Å²) in [5, 5.41) is 1.19. The van der Waals surface area contributed by atoms with Crippen molar-refractivity contribution in [1.29, 1.82) is 0 Å². The van der Waals surface area contributed by atoms with Gasteiger partial charge in [-0.3, -0.25) is 9.36 Å². The van der Waals surface area contributed by atoms with Crippen LogP contribution in [0.3, 0.4) is 0 Å². The standard InChI is InChI=1S/C24H20Cl2N2O3S/c1-13(2)31-23(30)20-14(3)27-24-28(21(20)16-6-10-18(26)11-7-16)22(29)19(32-24)12-15-4-8-17(25)9-5-15/h4-13,21H,1-3H3/b19-12-/t21-/m0/s1. The van der Waals surface area contributed by atoms with Crippen LogP contribution in [0.5, 0.6) is 0 Å². The summed E-state index contributed by atoms with van der Waals surface area (Å²) in [7, 11) is 0. The summed E-state index contributed by atoms with van der Waals surface area (Å²) < 4.78 is 7.55. The number of nitrogens with zero attached hydrogens (tertiary/aromatic N) is 2. The van der Waals surface area contributed by atoms with Gasteiger partial charge in [-0.05, 0) is 62.2 Å². The van der Waals surface area contributed by atoms with E-state index in [1.54, 1.807) is 55.7 Å². The van der Waals surface area contributed by atoms with Crippen LogP contribution in [0, 0.1) is 0 Å². The molecule has 0 bridgehead atoms. The van der Waals surface area contributed by atoms with Crippen LogP contribution in [-0.4, -0.2) is 16.6 Å². The van der Waals surface area contributed by atoms with Gasteiger partial charge in [-0.2, -0.15) is 0 Å². The molecule has 0 unspecified atom stereocenters. The maximum absolute atomic E-state index is 13.5. The Morgan fingerprint density at radius 1 is 1.09 bits per heavy atom. The highest BCUT2D eigenvalue weighted by Crippen LogP contribution is 2.31. The van der Waals surface area contributed by atoms with Gasteiger partial charge in [0.1, 0.15) is 0 Å². The van der Waals surface area contributed by atoms with Crippen LogP contribution >= 0.6 is 34.5 Å². The molecule has 5 nitrogen and oxygen atoms in total. The zero-order valence-electron chi connectivity index (χ0n) is 17.6. The third-order valence-electron chi connectivity index (χ3n) is 4.94. The molecule has 164 valence electrons. The number of carbonyl (C=O) groups excluding carboxylic acids is 1. The third-order valence-corrected chi connectivity index (χ3v) is 6.42. The molecule has 2 heterocycles. The molecule has 2 aromatic carbocycles. The maximum atomic E-state index is 13.5. The number of allylic oxidation sites excluding steroid dienone is 1. The highest BCUT2D eigenvalue weighted by molar-refractivity contribution is 7.07. The number of aromatic nitrogens is 1. The van der Waals surface area contributed by atoms with E-state index in [1.807, 2.05) is 24.3 Å². The predicted octanol–water partition coefficient (Wildman–Crippen LogP) is 4.49. The van der Waals surface area contributed by atoms with Gasteiger partial charge < -0.3 is 4.74 Å². The number of halogens is 2. The molecule has 1 atom stereocenters. The molecule has 32 heavy (non-hydrogen) atoms. The van der Waals surface area contributed by atoms with Crippen LogP contribution in [0.15, 0.2) is 69.6 Å². The van der Waals surface area contributed by atoms with Crippen LogP contribution in [0.4, 0.5) is 0 Å². The molecule has 8 heteroatoms. The fourth-order valence-corrected chi connectivity index (χ4v) is 4.83. The molecular formula is C24H20Cl2N2O3S. The topological polar surface area (TPSA) is 60.7 Å². The van der Waals surface area contributed by atoms with E-state index >= 15 is 0 Å². The van der Waals surface area contributed by atoms with Crippen molar-refractivity contribution in [3.8, 4) is 0 Å². The maximum Gasteiger partial charge on any atom is 0.338 e. The van der Waals surface area contributed by atoms with Gasteiger partial charge in [0.15, 0.2) is 4.80 Å². The number of hydrogen-bond acceptors (Lipinski definition) is 5. The fourth-order valence-electron chi connectivity index (χ4n) is 3.53. The van der Waals surface area contributed by atoms with Gasteiger partial charge in [-0.1, -0.05) is 58.8 Å². The van der Waals surface area contributed by atoms with Crippen LogP contribution in [0.25, 0.3) is 6.08 Å². The molecule has 0 N–H and O–H groups in total. The third kappa shape index (κ3) is 4.44. The van der Waals surface area contributed by atoms with E-state index in [4.69, 9.17) is 27.9 Å². The number of hydrogen-bond donors (Lipinski definition) is 0. The molecule has 0 saturated heterocycles. The van der Waals surface area contributed by atoms with Crippen molar-refractivity contribution in [2.24, 2.45) is 4.99 Å². The number of rotatable bonds is 4. The first-order chi connectivity index (χ1) is 15.2. The molecule has 3 aromatic rings. The normalized spacial score (nSPS) is 16.2. The second kappa shape index (κ2) is 9.06. The highest BCUT2D eigenvalue weighted by atomic mass is 35.5. The van der Waals surface area contributed by atoms with Gasteiger partial charge in [0.05, 0.1) is 27.9 Å². The average Bonchev–Trinajstić information content (AvgIpc) is 3.03. The van der Waals surface area contributed by atoms with E-state index in [0.717, 1.165) is 11.1 Å². The Bertz CT molecular complexity index is 1380. The Morgan fingerprint density at radius 2 is 1.69 bits per heavy atom. The van der Waals surface area contributed by atoms with E-state index in [9.17, 15) is 9.59 Å². The Hall–Kier alpha value is -2.67. The first-order valence-corrected chi connectivity index (χ1v) is 11.6. The fraction of sp³-hybridized carbons (Fsp3) is 0.208. The van der Waals surface area contributed by atoms with Gasteiger partial charge >= 0.3 is 5.97 Å². The predicted molar refractivity (Wildman–Crippen MR) is 128 cm³/mol. The number of benzene rings is 2. The van der Waals surface area contributed by atoms with Crippen molar-refractivity contribution in [2.75, 3.05) is 0 Å². The number of thiazole rings is 1. The zero-order valence-corrected chi connectivity index (χ0v) is 20.0. The van der Waals surface area contributed by atoms with Gasteiger partial charge in [-0.25, -0.2) is 9.79 Å². The monoisotopic (exact) mass is 486 g/mol. The van der Waals surface area contributed by atoms with Crippen molar-refractivity contribution >= 4 is 46.6 Å². The number of carbonyl (C=O) groups is 1. The summed E-state index contributed by atoms with van der Waals surface area (Å²) in [5.74, 6) is -0.492. The Labute approximate surface area is 198 Å². The molecule has 0 amide bonds. The van der Waals surface area contributed by atoms with Gasteiger partial charge in [0.2, 0.25) is 0 Å². The van der Waals surface area contributed by atoms with Crippen LogP contribution < -0.4 is 14.9 Å². The van der Waals surface area contributed by atoms with Gasteiger partial charge in [-0.15, -0.1) is 0 Å². The molecule has 0 fully saturated rings. The van der Waals surface area contributed by atoms with E-state index in [-0.39, 0.29) is 11.7 Å². The zero-order chi connectivity index (χ0) is 23.0. The van der Waals surface area contributed by atoms with Gasteiger partial charge in [0, 0.05) is 10.0 Å². The Kier molecular flexibility index (Phi) is 6.38. The second-order valence-electron chi connectivity index (χ2n) is 7.64. The van der Waals surface area contributed by atoms with Crippen LogP contribution in [0.1, 0.15) is 37.9 Å². The highest BCUT2D eigenvalue weighted by Gasteiger charge is 2.33. The molecule has 4 rings (SSSR count). The lowest BCUT2D eigenvalue weighted by atomic mass is 9.96. The lowest BCUT2D eigenvalue weighted by molar-refractivity contribution is -0.143. The summed E-state index contributed by atoms with van der Waals surface area (Å²) in [4.78, 5) is 31.6. The van der Waals surface area contributed by atoms with Crippen molar-refractivity contribution in [1.82, 2.24) is 4.57 Å². The van der Waals surface area contributed by atoms with Crippen molar-refractivity contribution < 1.29 is 9.53 Å². The average molecular weight is 487 g/mol. The van der Waals surface area contributed by atoms with Crippen LogP contribution in [-0.2, 0) is 9.53 Å². The minimum absolute atomic E-state index is 0.231. The largest absolute Gasteiger partial charge is 0.459 e. The molecule has 1 aliphatic heterocycles. The lowest BCUT2D eigenvalue weighted by Gasteiger charge is -2.25. The molecule has 0 saturated carbocycles. The minimum atomic E-state index is -0.665. The number of ether oxygens (including phenoxy) is 1. The first kappa shape index (κ1) is 22.5. The summed E-state index contributed by atoms with van der Waals surface area (Å²) in [6, 6.07) is 13.7. The van der Waals surface area contributed by atoms with E-state index in [2.05, 4.69) is 4.99 Å². The summed E-state index contributed by atoms with van der Waals surface area (Å²) in [5.41, 5.74) is 2.23. The van der Waals surface area contributed by atoms with E-state index in [0.29, 0.717) is 30.6 Å². The quantitative estimate of drug-likeness (QED) is 0.510. The molecule has 1 aliphatic rings. The van der Waals surface area contributed by atoms with Crippen molar-refractivity contribution in [3.63, 3.8) is 0 Å². The van der Waals surface area contributed by atoms with Gasteiger partial charge in [0.25, 0.3) is 5.56 Å². The summed E-state index contributed by atoms with van der Waals surface area (Å²) >= 11 is 13.3. The first-order valence-electron chi connectivity index (χ1n) is 9.99. The molecule has 1 aromatic heterocycles. The summed E-state index contributed by atoms with van der Waals surface area (Å²) in [6.07, 6.45) is 1.49. The van der Waals surface area contributed by atoms with E-state index in [1.165, 1.54) is 11.3 Å². The van der Waals surface area contributed by atoms with E-state index < -0.39 is 12.0 Å². The minimum Gasteiger partial charge on any atom is -0.459 e. The smallest absolute Gasteiger partial charge is 0.338 e. The summed E-state index contributed by atoms with van der Waals surface area (Å²) in [6.45, 7) is 5.33. The molecule has 0 spiro atoms. The number of esters is 1. The molecule has 0 aliphatic carbocycles. The molecular weight excluding hydrogens is 467 g/mol. The van der Waals surface area contributed by atoms with Crippen molar-refractivity contribution in [3.05, 3.63) is 101 Å². The SMILES string of the molecule is CC1=C(C(=O)OC(C)C)[C@H](c2ccc(Cl)cc2)n2c(s/c(=C\c3ccc(Cl)cc3)c2=O)=N1. The number of fused-ring (bicyclic) bond motifs is 1. The lowest BCUT2D eigenvalue weighted by Crippen LogP contribution is -2.40. The van der Waals surface area contributed by atoms with Crippen molar-refractivity contribution in [2.45, 2.75) is 32.9 Å². The second-order valence-corrected chi connectivity index (χ2v) is 9.52. The van der Waals surface area contributed by atoms with Crippen LogP contribution in [0.2, 0.25) is 10.0 Å². The Morgan fingerprint density at radius 3 is 2.28 bits per heavy atom. The molecule has 0 radical (unpaired) electrons. The Balaban J connectivity index is 1.93.